The molecule has 128 valence electrons. The number of hydrazine groups is 1. The quantitative estimate of drug-likeness (QED) is 0.480. The highest BCUT2D eigenvalue weighted by Gasteiger charge is 2.20. The van der Waals surface area contributed by atoms with Gasteiger partial charge in [0.05, 0.1) is 11.7 Å². The van der Waals surface area contributed by atoms with Crippen molar-refractivity contribution in [2.24, 2.45) is 0 Å². The van der Waals surface area contributed by atoms with Crippen molar-refractivity contribution in [1.82, 2.24) is 19.6 Å². The summed E-state index contributed by atoms with van der Waals surface area (Å²) in [6.45, 7) is -0.635. The van der Waals surface area contributed by atoms with Gasteiger partial charge < -0.3 is 9.66 Å². The zero-order valence-electron chi connectivity index (χ0n) is 12.0. The van der Waals surface area contributed by atoms with Crippen molar-refractivity contribution in [3.05, 3.63) is 41.6 Å². The number of hydrogen-bond donors (Lipinski definition) is 3. The molecule has 1 aromatic heterocycles. The number of aromatic nitrogens is 2. The maximum Gasteiger partial charge on any atom is 0.423 e. The maximum atomic E-state index is 11.6. The molecule has 0 saturated carbocycles. The third-order valence-electron chi connectivity index (χ3n) is 2.76. The largest absolute Gasteiger partial charge is 0.755 e. The monoisotopic (exact) mass is 370 g/mol. The first-order valence-corrected chi connectivity index (χ1v) is 8.23. The molecule has 2 amide bonds. The first-order valence-electron chi connectivity index (χ1n) is 6.47. The number of carbonyl (C=O) groups excluding carboxylic acids is 1. The minimum absolute atomic E-state index is 0.0302. The van der Waals surface area contributed by atoms with E-state index in [9.17, 15) is 18.4 Å². The van der Waals surface area contributed by atoms with Gasteiger partial charge in [-0.1, -0.05) is 30.3 Å². The summed E-state index contributed by atoms with van der Waals surface area (Å²) in [5, 5.41) is 8.42. The van der Waals surface area contributed by atoms with Crippen LogP contribution >= 0.6 is 11.7 Å². The van der Waals surface area contributed by atoms with Crippen LogP contribution in [0, 0.1) is 0 Å². The third kappa shape index (κ3) is 4.97. The highest BCUT2D eigenvalue weighted by Crippen LogP contribution is 2.22. The second-order valence-corrected chi connectivity index (χ2v) is 5.83. The summed E-state index contributed by atoms with van der Waals surface area (Å²) in [4.78, 5) is 22.0. The first-order chi connectivity index (χ1) is 11.5. The summed E-state index contributed by atoms with van der Waals surface area (Å²) in [6, 6.07) is 9.23. The SMILES string of the molecule is O=C(O)NNC(=O)CN(c1nsnc1Cc1ccccc1)S(=O)[O-]. The summed E-state index contributed by atoms with van der Waals surface area (Å²) in [7, 11) is 0. The molecule has 2 rings (SSSR count). The average molecular weight is 370 g/mol. The molecule has 3 N–H and O–H groups in total. The van der Waals surface area contributed by atoms with E-state index < -0.39 is 29.8 Å². The van der Waals surface area contributed by atoms with Crippen molar-refractivity contribution in [3.8, 4) is 0 Å². The van der Waals surface area contributed by atoms with Crippen LogP contribution in [0.2, 0.25) is 0 Å². The molecular weight excluding hydrogens is 358 g/mol. The van der Waals surface area contributed by atoms with E-state index in [2.05, 4.69) is 8.75 Å². The van der Waals surface area contributed by atoms with E-state index in [1.54, 1.807) is 5.43 Å². The Morgan fingerprint density at radius 3 is 2.58 bits per heavy atom. The van der Waals surface area contributed by atoms with Crippen LogP contribution in [0.4, 0.5) is 10.6 Å². The fraction of sp³-hybridized carbons (Fsp3) is 0.167. The molecule has 0 saturated heterocycles. The Kier molecular flexibility index (Phi) is 6.17. The molecule has 1 atom stereocenters. The van der Waals surface area contributed by atoms with Gasteiger partial charge in [0.1, 0.15) is 12.2 Å². The van der Waals surface area contributed by atoms with Crippen molar-refractivity contribution in [2.75, 3.05) is 10.8 Å². The Hall–Kier alpha value is -2.57. The molecule has 0 aliphatic rings. The minimum Gasteiger partial charge on any atom is -0.755 e. The zero-order chi connectivity index (χ0) is 17.5. The van der Waals surface area contributed by atoms with Crippen molar-refractivity contribution in [1.29, 1.82) is 0 Å². The summed E-state index contributed by atoms with van der Waals surface area (Å²) >= 11 is -1.96. The van der Waals surface area contributed by atoms with E-state index in [0.29, 0.717) is 16.4 Å². The van der Waals surface area contributed by atoms with Crippen LogP contribution in [0.25, 0.3) is 0 Å². The predicted molar refractivity (Wildman–Crippen MR) is 84.7 cm³/mol. The number of hydrogen-bond acceptors (Lipinski definition) is 7. The lowest BCUT2D eigenvalue weighted by Gasteiger charge is -2.24. The Labute approximate surface area is 143 Å². The lowest BCUT2D eigenvalue weighted by atomic mass is 10.1. The fourth-order valence-corrected chi connectivity index (χ4v) is 2.91. The second kappa shape index (κ2) is 8.33. The Balaban J connectivity index is 2.14. The molecule has 0 aliphatic carbocycles. The second-order valence-electron chi connectivity index (χ2n) is 4.43. The van der Waals surface area contributed by atoms with E-state index in [1.165, 1.54) is 0 Å². The number of carbonyl (C=O) groups is 2. The molecule has 0 aliphatic heterocycles. The van der Waals surface area contributed by atoms with Crippen molar-refractivity contribution < 1.29 is 23.5 Å². The molecule has 12 heteroatoms. The van der Waals surface area contributed by atoms with Crippen LogP contribution in [-0.4, -0.2) is 41.2 Å². The van der Waals surface area contributed by atoms with Crippen LogP contribution in [-0.2, 0) is 22.5 Å². The number of benzene rings is 1. The molecule has 0 radical (unpaired) electrons. The Morgan fingerprint density at radius 2 is 1.96 bits per heavy atom. The lowest BCUT2D eigenvalue weighted by Crippen LogP contribution is -2.46. The molecule has 1 aromatic carbocycles. The molecule has 0 spiro atoms. The number of rotatable bonds is 6. The van der Waals surface area contributed by atoms with Crippen molar-refractivity contribution in [2.45, 2.75) is 6.42 Å². The number of amides is 2. The third-order valence-corrected chi connectivity index (χ3v) is 3.98. The maximum absolute atomic E-state index is 11.6. The van der Waals surface area contributed by atoms with Gasteiger partial charge in [-0.3, -0.25) is 18.7 Å². The van der Waals surface area contributed by atoms with Gasteiger partial charge >= 0.3 is 6.09 Å². The van der Waals surface area contributed by atoms with E-state index in [1.807, 2.05) is 35.8 Å². The van der Waals surface area contributed by atoms with E-state index in [4.69, 9.17) is 5.11 Å². The van der Waals surface area contributed by atoms with Crippen molar-refractivity contribution in [3.63, 3.8) is 0 Å². The molecule has 1 unspecified atom stereocenters. The standard InChI is InChI=1S/C12H13N5O5S2/c18-10(13-14-12(19)20)7-17(24(21)22)11-9(15-23-16-11)6-8-4-2-1-3-5-8/h1-5,14H,6-7H2,(H,13,18)(H,19,20)(H,21,22)/p-1. The number of nitrogens with zero attached hydrogens (tertiary/aromatic N) is 3. The van der Waals surface area contributed by atoms with E-state index in [-0.39, 0.29) is 5.82 Å². The van der Waals surface area contributed by atoms with Crippen molar-refractivity contribution >= 4 is 40.8 Å². The number of carboxylic acid groups (broad SMARTS) is 1. The van der Waals surface area contributed by atoms with Gasteiger partial charge in [-0.25, -0.2) is 10.2 Å². The van der Waals surface area contributed by atoms with E-state index >= 15 is 0 Å². The minimum atomic E-state index is -2.78. The summed E-state index contributed by atoms with van der Waals surface area (Å²) in [6.07, 6.45) is -1.13. The average Bonchev–Trinajstić information content (AvgIpc) is 2.99. The van der Waals surface area contributed by atoms with Gasteiger partial charge in [0.2, 0.25) is 0 Å². The van der Waals surface area contributed by atoms with Gasteiger partial charge in [-0.2, -0.15) is 8.75 Å². The summed E-state index contributed by atoms with van der Waals surface area (Å²) in [5.41, 5.74) is 4.80. The van der Waals surface area contributed by atoms with Crippen LogP contribution in [0.5, 0.6) is 0 Å². The van der Waals surface area contributed by atoms with Crippen LogP contribution in [0.15, 0.2) is 30.3 Å². The van der Waals surface area contributed by atoms with Gasteiger partial charge in [-0.05, 0) is 5.56 Å². The summed E-state index contributed by atoms with van der Waals surface area (Å²) < 4.78 is 31.6. The smallest absolute Gasteiger partial charge is 0.423 e. The molecule has 24 heavy (non-hydrogen) atoms. The predicted octanol–water partition coefficient (Wildman–Crippen LogP) is 0.0282. The molecular formula is C12H12N5O5S2-. The topological polar surface area (TPSA) is 148 Å². The first kappa shape index (κ1) is 17.8. The number of nitrogens with one attached hydrogen (secondary N) is 2. The number of anilines is 1. The Morgan fingerprint density at radius 1 is 1.25 bits per heavy atom. The molecule has 10 nitrogen and oxygen atoms in total. The van der Waals surface area contributed by atoms with Crippen LogP contribution in [0.1, 0.15) is 11.3 Å². The zero-order valence-corrected chi connectivity index (χ0v) is 13.7. The Bertz CT molecular complexity index is 738. The van der Waals surface area contributed by atoms with Gasteiger partial charge in [-0.15, -0.1) is 0 Å². The molecule has 0 bridgehead atoms. The van der Waals surface area contributed by atoms with Gasteiger partial charge in [0, 0.05) is 17.7 Å². The normalized spacial score (nSPS) is 11.5. The summed E-state index contributed by atoms with van der Waals surface area (Å²) in [5.74, 6) is -0.831. The lowest BCUT2D eigenvalue weighted by molar-refractivity contribution is -0.120. The van der Waals surface area contributed by atoms with Gasteiger partial charge in [0.15, 0.2) is 5.82 Å². The van der Waals surface area contributed by atoms with Gasteiger partial charge in [0.25, 0.3) is 5.91 Å². The molecule has 2 aromatic rings. The van der Waals surface area contributed by atoms with Crippen LogP contribution < -0.4 is 15.2 Å². The molecule has 0 fully saturated rings. The van der Waals surface area contributed by atoms with E-state index in [0.717, 1.165) is 17.3 Å². The highest BCUT2D eigenvalue weighted by molar-refractivity contribution is 7.80. The molecule has 1 heterocycles. The highest BCUT2D eigenvalue weighted by atomic mass is 32.2. The fourth-order valence-electron chi connectivity index (χ4n) is 1.78. The van der Waals surface area contributed by atoms with Crippen LogP contribution in [0.3, 0.4) is 0 Å².